The molecule has 2 amide bonds. The number of hydrogen-bond donors (Lipinski definition) is 1. The number of nitrogens with zero attached hydrogens (tertiary/aromatic N) is 1. The van der Waals surface area contributed by atoms with E-state index in [-0.39, 0.29) is 41.5 Å². The number of carbonyl (C=O) groups is 3. The standard InChI is InChI=1S/C41H35N2O4PS.HI/c1-29(44)42-36-39(45)43-37(41(46)47-38(30-17-7-2-8-18-30)31-19-9-3-10-20-31)32(28-49-40(36)43)27-48(33-21-11-4-12-22-33,34-23-13-5-14-24-34)35-25-15-6-16-26-35;/h2-26,36,38,40H,27-28H2,1H3;1H/t36?,40-;/m1./s1. The van der Waals surface area contributed by atoms with E-state index in [9.17, 15) is 14.4 Å². The number of hydrogen-bond acceptors (Lipinski definition) is 5. The van der Waals surface area contributed by atoms with Gasteiger partial charge >= 0.3 is 5.97 Å². The summed E-state index contributed by atoms with van der Waals surface area (Å²) < 4.78 is 6.47. The van der Waals surface area contributed by atoms with Gasteiger partial charge in [0.2, 0.25) is 5.91 Å². The average Bonchev–Trinajstić information content (AvgIpc) is 3.16. The van der Waals surface area contributed by atoms with Gasteiger partial charge in [-0.15, -0.1) is 11.8 Å². The molecule has 0 aromatic heterocycles. The van der Waals surface area contributed by atoms with Crippen LogP contribution in [0.15, 0.2) is 163 Å². The lowest BCUT2D eigenvalue weighted by molar-refractivity contribution is -0.154. The van der Waals surface area contributed by atoms with E-state index in [1.807, 2.05) is 78.9 Å². The molecule has 0 saturated carbocycles. The third-order valence-electron chi connectivity index (χ3n) is 9.05. The monoisotopic (exact) mass is 810 g/mol. The number of carbonyl (C=O) groups excluding carboxylic acids is 3. The number of benzene rings is 5. The molecule has 9 heteroatoms. The van der Waals surface area contributed by atoms with Gasteiger partial charge in [0.15, 0.2) is 6.10 Å². The first kappa shape index (κ1) is 35.6. The molecule has 1 saturated heterocycles. The molecule has 0 aliphatic carbocycles. The lowest BCUT2D eigenvalue weighted by Gasteiger charge is -2.50. The zero-order valence-corrected chi connectivity index (χ0v) is 31.3. The van der Waals surface area contributed by atoms with Gasteiger partial charge in [-0.1, -0.05) is 115 Å². The topological polar surface area (TPSA) is 75.7 Å². The molecule has 5 aromatic carbocycles. The predicted octanol–water partition coefficient (Wildman–Crippen LogP) is 2.99. The molecule has 0 radical (unpaired) electrons. The predicted molar refractivity (Wildman–Crippen MR) is 199 cm³/mol. The maximum Gasteiger partial charge on any atom is 0.356 e. The minimum Gasteiger partial charge on any atom is -1.00 e. The van der Waals surface area contributed by atoms with E-state index in [0.717, 1.165) is 16.7 Å². The van der Waals surface area contributed by atoms with Crippen LogP contribution in [0, 0.1) is 0 Å². The van der Waals surface area contributed by atoms with Crippen LogP contribution in [0.4, 0.5) is 0 Å². The zero-order chi connectivity index (χ0) is 33.8. The maximum absolute atomic E-state index is 14.8. The molecule has 0 spiro atoms. The number of amides is 2. The molecule has 7 rings (SSSR count). The second-order valence-electron chi connectivity index (χ2n) is 12.1. The van der Waals surface area contributed by atoms with Crippen molar-refractivity contribution in [2.24, 2.45) is 0 Å². The summed E-state index contributed by atoms with van der Waals surface area (Å²) in [7, 11) is -2.42. The summed E-state index contributed by atoms with van der Waals surface area (Å²) in [5.74, 6) is -0.645. The van der Waals surface area contributed by atoms with Crippen LogP contribution in [0.2, 0.25) is 0 Å². The van der Waals surface area contributed by atoms with Gasteiger partial charge in [0.1, 0.15) is 40.3 Å². The second-order valence-corrected chi connectivity index (χ2v) is 16.7. The van der Waals surface area contributed by atoms with E-state index in [1.54, 1.807) is 16.7 Å². The van der Waals surface area contributed by atoms with Crippen LogP contribution in [-0.4, -0.2) is 46.0 Å². The van der Waals surface area contributed by atoms with Crippen molar-refractivity contribution < 1.29 is 43.1 Å². The number of ether oxygens (including phenoxy) is 1. The van der Waals surface area contributed by atoms with E-state index >= 15 is 0 Å². The summed E-state index contributed by atoms with van der Waals surface area (Å²) in [5, 5.41) is 5.93. The Balaban J connectivity index is 0.00000432. The Bertz CT molecular complexity index is 1850. The molecule has 252 valence electrons. The molecule has 1 fully saturated rings. The molecular formula is C41H36IN2O4PS. The third kappa shape index (κ3) is 6.89. The summed E-state index contributed by atoms with van der Waals surface area (Å²) >= 11 is 1.58. The molecule has 2 heterocycles. The Morgan fingerprint density at radius 1 is 0.740 bits per heavy atom. The van der Waals surface area contributed by atoms with Crippen LogP contribution in [0.1, 0.15) is 24.2 Å². The van der Waals surface area contributed by atoms with E-state index in [4.69, 9.17) is 4.74 Å². The average molecular weight is 811 g/mol. The van der Waals surface area contributed by atoms with E-state index < -0.39 is 30.8 Å². The third-order valence-corrected chi connectivity index (χ3v) is 14.8. The maximum atomic E-state index is 14.8. The van der Waals surface area contributed by atoms with Gasteiger partial charge < -0.3 is 34.0 Å². The van der Waals surface area contributed by atoms with Gasteiger partial charge in [-0.2, -0.15) is 0 Å². The van der Waals surface area contributed by atoms with E-state index in [1.165, 1.54) is 22.8 Å². The minimum absolute atomic E-state index is 0. The molecule has 2 atom stereocenters. The number of nitrogens with one attached hydrogen (secondary N) is 1. The van der Waals surface area contributed by atoms with Gasteiger partial charge in [0.25, 0.3) is 5.91 Å². The Morgan fingerprint density at radius 3 is 1.58 bits per heavy atom. The van der Waals surface area contributed by atoms with Crippen molar-refractivity contribution in [3.63, 3.8) is 0 Å². The summed E-state index contributed by atoms with van der Waals surface area (Å²) in [6.45, 7) is 1.41. The van der Waals surface area contributed by atoms with Gasteiger partial charge in [0.05, 0.1) is 6.16 Å². The Morgan fingerprint density at radius 2 is 1.16 bits per heavy atom. The highest BCUT2D eigenvalue weighted by Crippen LogP contribution is 2.58. The van der Waals surface area contributed by atoms with Gasteiger partial charge in [-0.25, -0.2) is 4.79 Å². The van der Waals surface area contributed by atoms with E-state index in [0.29, 0.717) is 11.9 Å². The molecule has 50 heavy (non-hydrogen) atoms. The highest BCUT2D eigenvalue weighted by atomic mass is 127. The molecule has 1 N–H and O–H groups in total. The Kier molecular flexibility index (Phi) is 11.2. The van der Waals surface area contributed by atoms with Gasteiger partial charge in [0, 0.05) is 18.2 Å². The van der Waals surface area contributed by atoms with Crippen LogP contribution in [0.5, 0.6) is 0 Å². The lowest BCUT2D eigenvalue weighted by Crippen LogP contribution is -3.00. The van der Waals surface area contributed by atoms with Crippen molar-refractivity contribution in [2.75, 3.05) is 11.9 Å². The van der Waals surface area contributed by atoms with Crippen molar-refractivity contribution in [1.82, 2.24) is 10.2 Å². The molecule has 1 unspecified atom stereocenters. The smallest absolute Gasteiger partial charge is 0.356 e. The fourth-order valence-electron chi connectivity index (χ4n) is 6.81. The van der Waals surface area contributed by atoms with Crippen molar-refractivity contribution in [3.8, 4) is 0 Å². The molecular weight excluding hydrogens is 774 g/mol. The van der Waals surface area contributed by atoms with Crippen molar-refractivity contribution in [1.29, 1.82) is 0 Å². The first-order valence-electron chi connectivity index (χ1n) is 16.3. The normalized spacial score (nSPS) is 16.9. The first-order valence-corrected chi connectivity index (χ1v) is 19.3. The number of thioether (sulfide) groups is 1. The molecule has 0 bridgehead atoms. The van der Waals surface area contributed by atoms with Crippen LogP contribution in [-0.2, 0) is 19.1 Å². The summed E-state index contributed by atoms with van der Waals surface area (Å²) in [6, 6.07) is 50.1. The van der Waals surface area contributed by atoms with Crippen LogP contribution < -0.4 is 45.2 Å². The second kappa shape index (κ2) is 15.8. The number of esters is 1. The summed E-state index contributed by atoms with van der Waals surface area (Å²) in [4.78, 5) is 42.3. The first-order chi connectivity index (χ1) is 24.0. The van der Waals surface area contributed by atoms with Crippen LogP contribution in [0.3, 0.4) is 0 Å². The highest BCUT2D eigenvalue weighted by Gasteiger charge is 2.56. The SMILES string of the molecule is CC(=O)NC1C(=O)N2C(C(=O)OC(c3ccccc3)c3ccccc3)=C(C[P+](c3ccccc3)(c3ccccc3)c3ccccc3)CS[C@H]12.[I-]. The Labute approximate surface area is 314 Å². The van der Waals surface area contributed by atoms with Gasteiger partial charge in [-0.05, 0) is 47.5 Å². The fourth-order valence-corrected chi connectivity index (χ4v) is 12.6. The summed E-state index contributed by atoms with van der Waals surface area (Å²) in [6.07, 6.45) is -0.151. The van der Waals surface area contributed by atoms with Crippen molar-refractivity contribution in [3.05, 3.63) is 174 Å². The van der Waals surface area contributed by atoms with E-state index in [2.05, 4.69) is 78.1 Å². The van der Waals surface area contributed by atoms with Crippen LogP contribution in [0.25, 0.3) is 0 Å². The molecule has 2 aliphatic rings. The van der Waals surface area contributed by atoms with Crippen molar-refractivity contribution >= 4 is 52.7 Å². The summed E-state index contributed by atoms with van der Waals surface area (Å²) in [5.41, 5.74) is 2.79. The highest BCUT2D eigenvalue weighted by molar-refractivity contribution is 8.00. The lowest BCUT2D eigenvalue weighted by atomic mass is 10.0. The van der Waals surface area contributed by atoms with Crippen LogP contribution >= 0.6 is 19.0 Å². The fraction of sp³-hybridized carbons (Fsp3) is 0.146. The number of β-lactam (4-membered cyclic amide) rings is 1. The number of halogens is 1. The number of fused-ring (bicyclic) bond motifs is 1. The van der Waals surface area contributed by atoms with Crippen molar-refractivity contribution in [2.45, 2.75) is 24.4 Å². The quantitative estimate of drug-likeness (QED) is 0.102. The molecule has 6 nitrogen and oxygen atoms in total. The largest absolute Gasteiger partial charge is 1.00 e. The Hall–Kier alpha value is -4.24. The zero-order valence-electron chi connectivity index (χ0n) is 27.4. The van der Waals surface area contributed by atoms with Gasteiger partial charge in [-0.3, -0.25) is 14.5 Å². The number of rotatable bonds is 10. The molecule has 2 aliphatic heterocycles. The minimum atomic E-state index is -2.42. The molecule has 5 aromatic rings.